The van der Waals surface area contributed by atoms with Gasteiger partial charge in [0.15, 0.2) is 5.78 Å². The molecule has 0 radical (unpaired) electrons. The lowest BCUT2D eigenvalue weighted by Gasteiger charge is -2.15. The third kappa shape index (κ3) is 4.77. The number of aromatic nitrogens is 1. The molecule has 1 aromatic heterocycles. The minimum atomic E-state index is -0.726. The number of nitrogens with zero attached hydrogens (tertiary/aromatic N) is 3. The van der Waals surface area contributed by atoms with Gasteiger partial charge in [0.25, 0.3) is 5.69 Å². The van der Waals surface area contributed by atoms with E-state index in [1.165, 1.54) is 30.0 Å². The fraction of sp³-hybridized carbons (Fsp3) is 0.211. The maximum absolute atomic E-state index is 12.4. The van der Waals surface area contributed by atoms with Crippen molar-refractivity contribution < 1.29 is 9.72 Å². The number of hydrogen-bond donors (Lipinski definition) is 0. The van der Waals surface area contributed by atoms with Gasteiger partial charge in [0, 0.05) is 28.6 Å². The molecule has 0 saturated heterocycles. The molecule has 2 rings (SSSR count). The average molecular weight is 367 g/mol. The van der Waals surface area contributed by atoms with Gasteiger partial charge in [-0.3, -0.25) is 14.9 Å². The van der Waals surface area contributed by atoms with Gasteiger partial charge in [-0.2, -0.15) is 5.26 Å². The summed E-state index contributed by atoms with van der Waals surface area (Å²) in [6.07, 6.45) is 3.05. The van der Waals surface area contributed by atoms with Crippen molar-refractivity contribution in [3.05, 3.63) is 63.8 Å². The Morgan fingerprint density at radius 1 is 1.31 bits per heavy atom. The third-order valence-electron chi connectivity index (χ3n) is 3.40. The minimum absolute atomic E-state index is 0.0409. The number of Topliss-reactive ketones (excluding diaryl/α,β-unsaturated/α-hetero) is 1. The predicted molar refractivity (Wildman–Crippen MR) is 99.5 cm³/mol. The number of ketones is 1. The molecule has 6 nitrogen and oxygen atoms in total. The quantitative estimate of drug-likeness (QED) is 0.330. The molecule has 1 heterocycles. The van der Waals surface area contributed by atoms with Gasteiger partial charge in [-0.05, 0) is 29.8 Å². The van der Waals surface area contributed by atoms with Crippen molar-refractivity contribution in [2.24, 2.45) is 5.41 Å². The first-order valence-electron chi connectivity index (χ1n) is 7.76. The smallest absolute Gasteiger partial charge is 0.270 e. The lowest BCUT2D eigenvalue weighted by Crippen LogP contribution is -2.21. The zero-order valence-electron chi connectivity index (χ0n) is 14.6. The van der Waals surface area contributed by atoms with Crippen LogP contribution in [0.3, 0.4) is 0 Å². The summed E-state index contributed by atoms with van der Waals surface area (Å²) in [7, 11) is 0. The first-order valence-corrected chi connectivity index (χ1v) is 8.58. The molecule has 0 N–H and O–H groups in total. The summed E-state index contributed by atoms with van der Waals surface area (Å²) >= 11 is 1.31. The van der Waals surface area contributed by atoms with Crippen molar-refractivity contribution >= 4 is 29.3 Å². The Hall–Kier alpha value is -2.98. The summed E-state index contributed by atoms with van der Waals surface area (Å²) in [6.45, 7) is 5.16. The first kappa shape index (κ1) is 19.3. The standard InChI is InChI=1S/C19H17N3O3S/c1-19(2,3)18(23)14(12-20)10-13-11-15(22(24)25)7-8-16(13)26-17-6-4-5-9-21-17/h4-11H,1-3H3. The zero-order valence-corrected chi connectivity index (χ0v) is 15.4. The Labute approximate surface area is 155 Å². The van der Waals surface area contributed by atoms with Crippen LogP contribution in [0.5, 0.6) is 0 Å². The molecular weight excluding hydrogens is 350 g/mol. The third-order valence-corrected chi connectivity index (χ3v) is 4.44. The van der Waals surface area contributed by atoms with Gasteiger partial charge in [-0.25, -0.2) is 4.98 Å². The highest BCUT2D eigenvalue weighted by Crippen LogP contribution is 2.33. The molecule has 0 bridgehead atoms. The van der Waals surface area contributed by atoms with E-state index in [0.717, 1.165) is 0 Å². The summed E-state index contributed by atoms with van der Waals surface area (Å²) in [5, 5.41) is 21.2. The van der Waals surface area contributed by atoms with Crippen LogP contribution in [0, 0.1) is 26.9 Å². The molecule has 0 aliphatic rings. The zero-order chi connectivity index (χ0) is 19.3. The van der Waals surface area contributed by atoms with Crippen molar-refractivity contribution in [3.63, 3.8) is 0 Å². The normalized spacial score (nSPS) is 11.7. The largest absolute Gasteiger partial charge is 0.293 e. The molecule has 0 aliphatic heterocycles. The molecule has 2 aromatic rings. The Balaban J connectivity index is 2.54. The van der Waals surface area contributed by atoms with Crippen molar-refractivity contribution in [2.45, 2.75) is 30.7 Å². The minimum Gasteiger partial charge on any atom is -0.293 e. The molecule has 26 heavy (non-hydrogen) atoms. The number of nitro benzene ring substituents is 1. The molecule has 132 valence electrons. The Bertz CT molecular complexity index is 910. The topological polar surface area (TPSA) is 96.9 Å². The predicted octanol–water partition coefficient (Wildman–Crippen LogP) is 4.66. The van der Waals surface area contributed by atoms with Crippen molar-refractivity contribution in [1.29, 1.82) is 5.26 Å². The highest BCUT2D eigenvalue weighted by molar-refractivity contribution is 7.99. The maximum atomic E-state index is 12.4. The lowest BCUT2D eigenvalue weighted by atomic mass is 9.86. The highest BCUT2D eigenvalue weighted by Gasteiger charge is 2.25. The van der Waals surface area contributed by atoms with Crippen LogP contribution in [-0.2, 0) is 4.79 Å². The molecule has 0 saturated carbocycles. The van der Waals surface area contributed by atoms with Crippen LogP contribution in [0.15, 0.2) is 58.1 Å². The molecule has 0 aliphatic carbocycles. The van der Waals surface area contributed by atoms with Crippen molar-refractivity contribution in [2.75, 3.05) is 0 Å². The first-order chi connectivity index (χ1) is 12.2. The Morgan fingerprint density at radius 2 is 2.04 bits per heavy atom. The summed E-state index contributed by atoms with van der Waals surface area (Å²) in [5.74, 6) is -0.319. The maximum Gasteiger partial charge on any atom is 0.270 e. The number of carbonyl (C=O) groups is 1. The van der Waals surface area contributed by atoms with Crippen molar-refractivity contribution in [1.82, 2.24) is 4.98 Å². The fourth-order valence-electron chi connectivity index (χ4n) is 2.08. The second kappa shape index (κ2) is 7.93. The second-order valence-electron chi connectivity index (χ2n) is 6.50. The van der Waals surface area contributed by atoms with Gasteiger partial charge in [0.1, 0.15) is 11.1 Å². The molecule has 0 unspecified atom stereocenters. The van der Waals surface area contributed by atoms with Crippen LogP contribution in [0.1, 0.15) is 26.3 Å². The number of hydrogen-bond acceptors (Lipinski definition) is 6. The van der Waals surface area contributed by atoms with E-state index < -0.39 is 10.3 Å². The van der Waals surface area contributed by atoms with Gasteiger partial charge in [-0.1, -0.05) is 38.6 Å². The van der Waals surface area contributed by atoms with Crippen LogP contribution in [-0.4, -0.2) is 15.7 Å². The van der Waals surface area contributed by atoms with Crippen LogP contribution in [0.4, 0.5) is 5.69 Å². The summed E-state index contributed by atoms with van der Waals surface area (Å²) in [4.78, 5) is 27.9. The number of non-ortho nitro benzene ring substituents is 1. The number of nitro groups is 1. The SMILES string of the molecule is CC(C)(C)C(=O)C(C#N)=Cc1cc([N+](=O)[O-])ccc1Sc1ccccn1. The van der Waals surface area contributed by atoms with E-state index in [9.17, 15) is 20.2 Å². The summed E-state index contributed by atoms with van der Waals surface area (Å²) in [5.41, 5.74) is -0.441. The molecule has 0 amide bonds. The van der Waals surface area contributed by atoms with E-state index in [1.807, 2.05) is 18.2 Å². The van der Waals surface area contributed by atoms with E-state index in [0.29, 0.717) is 15.5 Å². The Morgan fingerprint density at radius 3 is 2.58 bits per heavy atom. The summed E-state index contributed by atoms with van der Waals surface area (Å²) < 4.78 is 0. The second-order valence-corrected chi connectivity index (χ2v) is 7.56. The van der Waals surface area contributed by atoms with Gasteiger partial charge in [0.2, 0.25) is 0 Å². The fourth-order valence-corrected chi connectivity index (χ4v) is 2.94. The molecular formula is C19H17N3O3S. The van der Waals surface area contributed by atoms with Gasteiger partial charge < -0.3 is 0 Å². The monoisotopic (exact) mass is 367 g/mol. The van der Waals surface area contributed by atoms with E-state index in [4.69, 9.17) is 0 Å². The number of pyridine rings is 1. The van der Waals surface area contributed by atoms with Gasteiger partial charge in [0.05, 0.1) is 10.5 Å². The van der Waals surface area contributed by atoms with Crippen LogP contribution in [0.2, 0.25) is 0 Å². The Kier molecular flexibility index (Phi) is 5.90. The number of carbonyl (C=O) groups excluding carboxylic acids is 1. The van der Waals surface area contributed by atoms with E-state index in [-0.39, 0.29) is 17.0 Å². The number of nitriles is 1. The van der Waals surface area contributed by atoms with Crippen LogP contribution >= 0.6 is 11.8 Å². The molecule has 0 spiro atoms. The van der Waals surface area contributed by atoms with E-state index in [2.05, 4.69) is 4.98 Å². The molecule has 1 aromatic carbocycles. The molecule has 7 heteroatoms. The highest BCUT2D eigenvalue weighted by atomic mass is 32.2. The lowest BCUT2D eigenvalue weighted by molar-refractivity contribution is -0.384. The van der Waals surface area contributed by atoms with Crippen LogP contribution < -0.4 is 0 Å². The molecule has 0 atom stereocenters. The van der Waals surface area contributed by atoms with E-state index in [1.54, 1.807) is 39.1 Å². The number of benzene rings is 1. The van der Waals surface area contributed by atoms with Gasteiger partial charge in [-0.15, -0.1) is 0 Å². The number of allylic oxidation sites excluding steroid dienone is 1. The average Bonchev–Trinajstić information content (AvgIpc) is 2.60. The van der Waals surface area contributed by atoms with Gasteiger partial charge >= 0.3 is 0 Å². The van der Waals surface area contributed by atoms with E-state index >= 15 is 0 Å². The summed E-state index contributed by atoms with van der Waals surface area (Å²) in [6, 6.07) is 11.7. The number of rotatable bonds is 5. The molecule has 0 fully saturated rings. The van der Waals surface area contributed by atoms with Crippen LogP contribution in [0.25, 0.3) is 6.08 Å². The van der Waals surface area contributed by atoms with Crippen molar-refractivity contribution in [3.8, 4) is 6.07 Å².